The minimum atomic E-state index is -0.875. The van der Waals surface area contributed by atoms with E-state index in [1.165, 1.54) is 10.4 Å². The highest BCUT2D eigenvalue weighted by molar-refractivity contribution is 7.11. The molecule has 1 aromatic heterocycles. The van der Waals surface area contributed by atoms with Crippen molar-refractivity contribution in [2.45, 2.75) is 20.8 Å². The van der Waals surface area contributed by atoms with Gasteiger partial charge in [-0.1, -0.05) is 48.0 Å². The second-order valence-electron chi connectivity index (χ2n) is 5.17. The van der Waals surface area contributed by atoms with Crippen molar-refractivity contribution >= 4 is 17.3 Å². The van der Waals surface area contributed by atoms with E-state index < -0.39 is 5.97 Å². The Hall–Kier alpha value is -2.46. The van der Waals surface area contributed by atoms with Crippen molar-refractivity contribution in [3.63, 3.8) is 0 Å². The third kappa shape index (κ3) is 4.76. The van der Waals surface area contributed by atoms with Gasteiger partial charge in [-0.3, -0.25) is 0 Å². The Morgan fingerprint density at radius 3 is 2.04 bits per heavy atom. The van der Waals surface area contributed by atoms with E-state index in [1.807, 2.05) is 32.0 Å². The van der Waals surface area contributed by atoms with Crippen LogP contribution in [0.15, 0.2) is 54.6 Å². The molecule has 4 heteroatoms. The maximum absolute atomic E-state index is 10.3. The molecule has 2 aromatic carbocycles. The van der Waals surface area contributed by atoms with Gasteiger partial charge in [0.2, 0.25) is 0 Å². The fraction of sp³-hybridized carbons (Fsp3) is 0.158. The first-order chi connectivity index (χ1) is 11.0. The summed E-state index contributed by atoms with van der Waals surface area (Å²) in [7, 11) is 0. The van der Waals surface area contributed by atoms with Crippen LogP contribution in [-0.4, -0.2) is 16.1 Å². The van der Waals surface area contributed by atoms with Crippen molar-refractivity contribution in [3.8, 4) is 11.3 Å². The largest absolute Gasteiger partial charge is 0.478 e. The van der Waals surface area contributed by atoms with Crippen LogP contribution >= 0.6 is 11.3 Å². The van der Waals surface area contributed by atoms with E-state index in [0.717, 1.165) is 16.3 Å². The summed E-state index contributed by atoms with van der Waals surface area (Å²) in [5.41, 5.74) is 3.75. The van der Waals surface area contributed by atoms with Crippen LogP contribution in [0.4, 0.5) is 0 Å². The number of hydrogen-bond acceptors (Lipinski definition) is 3. The van der Waals surface area contributed by atoms with E-state index in [-0.39, 0.29) is 0 Å². The molecular formula is C19H19NO2S. The lowest BCUT2D eigenvalue weighted by molar-refractivity contribution is 0.0697. The number of carbonyl (C=O) groups is 1. The van der Waals surface area contributed by atoms with Gasteiger partial charge in [0.05, 0.1) is 16.3 Å². The van der Waals surface area contributed by atoms with E-state index >= 15 is 0 Å². The molecule has 0 spiro atoms. The topological polar surface area (TPSA) is 50.2 Å². The summed E-state index contributed by atoms with van der Waals surface area (Å²) >= 11 is 1.75. The summed E-state index contributed by atoms with van der Waals surface area (Å²) in [6, 6.07) is 17.1. The molecule has 1 heterocycles. The summed E-state index contributed by atoms with van der Waals surface area (Å²) in [5.74, 6) is -0.875. The van der Waals surface area contributed by atoms with Gasteiger partial charge in [0.1, 0.15) is 0 Å². The molecule has 0 saturated heterocycles. The normalized spacial score (nSPS) is 9.87. The Bertz CT molecular complexity index is 777. The van der Waals surface area contributed by atoms with Gasteiger partial charge >= 0.3 is 5.97 Å². The predicted octanol–water partition coefficient (Wildman–Crippen LogP) is 5.12. The van der Waals surface area contributed by atoms with Crippen LogP contribution in [0, 0.1) is 20.8 Å². The average Bonchev–Trinajstić information content (AvgIpc) is 2.88. The third-order valence-electron chi connectivity index (χ3n) is 3.25. The van der Waals surface area contributed by atoms with Crippen LogP contribution in [0.25, 0.3) is 11.3 Å². The summed E-state index contributed by atoms with van der Waals surface area (Å²) < 4.78 is 0. The van der Waals surface area contributed by atoms with Crippen LogP contribution in [0.5, 0.6) is 0 Å². The van der Waals surface area contributed by atoms with Crippen LogP contribution in [-0.2, 0) is 0 Å². The van der Waals surface area contributed by atoms with Crippen LogP contribution in [0.1, 0.15) is 25.8 Å². The molecule has 3 aromatic rings. The van der Waals surface area contributed by atoms with Gasteiger partial charge in [-0.25, -0.2) is 9.78 Å². The van der Waals surface area contributed by atoms with Crippen LogP contribution in [0.3, 0.4) is 0 Å². The molecule has 0 saturated carbocycles. The molecule has 118 valence electrons. The quantitative estimate of drug-likeness (QED) is 0.711. The fourth-order valence-corrected chi connectivity index (χ4v) is 2.93. The Kier molecular flexibility index (Phi) is 5.66. The third-order valence-corrected chi connectivity index (χ3v) is 4.14. The Labute approximate surface area is 140 Å². The maximum Gasteiger partial charge on any atom is 0.335 e. The van der Waals surface area contributed by atoms with Crippen molar-refractivity contribution < 1.29 is 9.90 Å². The lowest BCUT2D eigenvalue weighted by Crippen LogP contribution is -1.94. The monoisotopic (exact) mass is 325 g/mol. The van der Waals surface area contributed by atoms with E-state index in [4.69, 9.17) is 5.11 Å². The van der Waals surface area contributed by atoms with E-state index in [2.05, 4.69) is 24.0 Å². The molecule has 0 amide bonds. The molecule has 23 heavy (non-hydrogen) atoms. The zero-order chi connectivity index (χ0) is 16.8. The molecule has 0 unspecified atom stereocenters. The molecule has 3 rings (SSSR count). The van der Waals surface area contributed by atoms with Gasteiger partial charge in [-0.2, -0.15) is 0 Å². The standard InChI is InChI=1S/C11H11NS.C8H8O2/c1-8-11(12-9(2)13-8)10-6-4-3-5-7-10;1-6-2-4-7(5-3-6)8(9)10/h3-7H,1-2H3;2-5H,1H3,(H,9,10). The number of aromatic carboxylic acids is 1. The number of carboxylic acid groups (broad SMARTS) is 1. The smallest absolute Gasteiger partial charge is 0.335 e. The number of thiazole rings is 1. The maximum atomic E-state index is 10.3. The number of nitrogens with zero attached hydrogens (tertiary/aromatic N) is 1. The zero-order valence-electron chi connectivity index (χ0n) is 13.4. The number of hydrogen-bond donors (Lipinski definition) is 1. The molecule has 0 atom stereocenters. The van der Waals surface area contributed by atoms with Gasteiger partial charge in [0.25, 0.3) is 0 Å². The molecule has 0 bridgehead atoms. The number of rotatable bonds is 2. The minimum absolute atomic E-state index is 0.339. The van der Waals surface area contributed by atoms with Crippen LogP contribution in [0.2, 0.25) is 0 Å². The van der Waals surface area contributed by atoms with Gasteiger partial charge in [-0.05, 0) is 32.9 Å². The highest BCUT2D eigenvalue weighted by Gasteiger charge is 2.05. The number of benzene rings is 2. The number of aromatic nitrogens is 1. The van der Waals surface area contributed by atoms with Gasteiger partial charge in [-0.15, -0.1) is 11.3 Å². The molecule has 0 fully saturated rings. The van der Waals surface area contributed by atoms with E-state index in [9.17, 15) is 4.79 Å². The summed E-state index contributed by atoms with van der Waals surface area (Å²) in [6.07, 6.45) is 0. The van der Waals surface area contributed by atoms with Gasteiger partial charge < -0.3 is 5.11 Å². The molecule has 0 aliphatic rings. The van der Waals surface area contributed by atoms with Gasteiger partial charge in [0.15, 0.2) is 0 Å². The molecule has 3 nitrogen and oxygen atoms in total. The van der Waals surface area contributed by atoms with Gasteiger partial charge in [0, 0.05) is 10.4 Å². The van der Waals surface area contributed by atoms with Crippen molar-refractivity contribution in [3.05, 3.63) is 75.6 Å². The summed E-state index contributed by atoms with van der Waals surface area (Å²) in [5, 5.41) is 9.61. The Balaban J connectivity index is 0.000000174. The highest BCUT2D eigenvalue weighted by atomic mass is 32.1. The second kappa shape index (κ2) is 7.70. The average molecular weight is 325 g/mol. The lowest BCUT2D eigenvalue weighted by Gasteiger charge is -1.96. The SMILES string of the molecule is Cc1ccc(C(=O)O)cc1.Cc1nc(-c2ccccc2)c(C)s1. The van der Waals surface area contributed by atoms with Crippen molar-refractivity contribution in [2.75, 3.05) is 0 Å². The Morgan fingerprint density at radius 2 is 1.57 bits per heavy atom. The van der Waals surface area contributed by atoms with Crippen molar-refractivity contribution in [2.24, 2.45) is 0 Å². The van der Waals surface area contributed by atoms with Crippen molar-refractivity contribution in [1.29, 1.82) is 0 Å². The zero-order valence-corrected chi connectivity index (χ0v) is 14.2. The first kappa shape index (κ1) is 16.9. The first-order valence-electron chi connectivity index (χ1n) is 7.27. The second-order valence-corrected chi connectivity index (χ2v) is 6.58. The van der Waals surface area contributed by atoms with Crippen LogP contribution < -0.4 is 0 Å². The molecule has 1 N–H and O–H groups in total. The Morgan fingerprint density at radius 1 is 0.957 bits per heavy atom. The first-order valence-corrected chi connectivity index (χ1v) is 8.08. The summed E-state index contributed by atoms with van der Waals surface area (Å²) in [4.78, 5) is 16.1. The van der Waals surface area contributed by atoms with E-state index in [0.29, 0.717) is 5.56 Å². The molecular weight excluding hydrogens is 306 g/mol. The molecule has 0 aliphatic carbocycles. The fourth-order valence-electron chi connectivity index (χ4n) is 2.09. The van der Waals surface area contributed by atoms with E-state index in [1.54, 1.807) is 35.6 Å². The number of carboxylic acids is 1. The lowest BCUT2D eigenvalue weighted by atomic mass is 10.1. The number of aryl methyl sites for hydroxylation is 3. The molecule has 0 radical (unpaired) electrons. The molecule has 0 aliphatic heterocycles. The van der Waals surface area contributed by atoms with Crippen molar-refractivity contribution in [1.82, 2.24) is 4.98 Å². The summed E-state index contributed by atoms with van der Waals surface area (Å²) in [6.45, 7) is 6.09. The highest BCUT2D eigenvalue weighted by Crippen LogP contribution is 2.26. The predicted molar refractivity (Wildman–Crippen MR) is 95.2 cm³/mol. The minimum Gasteiger partial charge on any atom is -0.478 e.